The van der Waals surface area contributed by atoms with Crippen LogP contribution in [0.4, 0.5) is 4.39 Å². The Labute approximate surface area is 140 Å². The molecule has 0 fully saturated rings. The number of hydrogen-bond acceptors (Lipinski definition) is 1. The van der Waals surface area contributed by atoms with E-state index in [4.69, 9.17) is 5.11 Å². The van der Waals surface area contributed by atoms with E-state index in [1.807, 2.05) is 12.2 Å². The third-order valence-corrected chi connectivity index (χ3v) is 3.34. The third kappa shape index (κ3) is 16.4. The zero-order valence-corrected chi connectivity index (χ0v) is 14.2. The van der Waals surface area contributed by atoms with Crippen LogP contribution in [0.15, 0.2) is 36.2 Å². The third-order valence-electron chi connectivity index (χ3n) is 3.34. The molecule has 0 aliphatic heterocycles. The summed E-state index contributed by atoms with van der Waals surface area (Å²) in [5, 5.41) is 8.29. The Morgan fingerprint density at radius 2 is 1.70 bits per heavy atom. The minimum absolute atomic E-state index is 0.102. The standard InChI is InChI=1S/C20H29FO2/c1-2-3-4-5-6-7-8-9-10-11-12-13-14-15-16-17-18-19(21)20(22)23/h11-14,18H,2-10,17H2,1H3,(H,22,23)/b12-11+,14-13+,19-18-. The molecule has 1 N–H and O–H groups in total. The smallest absolute Gasteiger partial charge is 0.364 e. The van der Waals surface area contributed by atoms with Crippen LogP contribution in [0.25, 0.3) is 0 Å². The van der Waals surface area contributed by atoms with Gasteiger partial charge in [-0.15, -0.1) is 0 Å². The summed E-state index contributed by atoms with van der Waals surface area (Å²) in [6.45, 7) is 2.24. The molecule has 0 aliphatic carbocycles. The molecule has 0 unspecified atom stereocenters. The lowest BCUT2D eigenvalue weighted by Gasteiger charge is -1.99. The van der Waals surface area contributed by atoms with Crippen LogP contribution in [0.3, 0.4) is 0 Å². The minimum Gasteiger partial charge on any atom is -0.476 e. The Balaban J connectivity index is 3.53. The number of carbonyl (C=O) groups is 1. The predicted molar refractivity (Wildman–Crippen MR) is 94.7 cm³/mol. The molecule has 0 saturated carbocycles. The molecule has 0 heterocycles. The van der Waals surface area contributed by atoms with E-state index in [1.54, 1.807) is 6.08 Å². The molecule has 3 heteroatoms. The quantitative estimate of drug-likeness (QED) is 0.208. The van der Waals surface area contributed by atoms with Gasteiger partial charge in [0.15, 0.2) is 0 Å². The lowest BCUT2D eigenvalue weighted by Crippen LogP contribution is -1.93. The Kier molecular flexibility index (Phi) is 15.2. The van der Waals surface area contributed by atoms with Crippen LogP contribution in [0.2, 0.25) is 0 Å². The Bertz CT molecular complexity index is 450. The number of rotatable bonds is 12. The molecule has 0 rings (SSSR count). The van der Waals surface area contributed by atoms with Crippen molar-refractivity contribution in [2.75, 3.05) is 0 Å². The monoisotopic (exact) mass is 320 g/mol. The predicted octanol–water partition coefficient (Wildman–Crippen LogP) is 5.96. The maximum absolute atomic E-state index is 12.6. The van der Waals surface area contributed by atoms with E-state index in [-0.39, 0.29) is 6.42 Å². The van der Waals surface area contributed by atoms with E-state index < -0.39 is 11.8 Å². The molecule has 0 aromatic carbocycles. The van der Waals surface area contributed by atoms with Gasteiger partial charge in [0.25, 0.3) is 0 Å². The molecule has 0 spiro atoms. The van der Waals surface area contributed by atoms with Crippen LogP contribution < -0.4 is 0 Å². The van der Waals surface area contributed by atoms with Gasteiger partial charge in [-0.05, 0) is 25.0 Å². The van der Waals surface area contributed by atoms with E-state index in [9.17, 15) is 9.18 Å². The van der Waals surface area contributed by atoms with E-state index >= 15 is 0 Å². The first-order valence-corrected chi connectivity index (χ1v) is 8.57. The molecule has 0 saturated heterocycles. The summed E-state index contributed by atoms with van der Waals surface area (Å²) in [5.41, 5.74) is 0. The van der Waals surface area contributed by atoms with Gasteiger partial charge in [0, 0.05) is 6.42 Å². The Morgan fingerprint density at radius 1 is 1.04 bits per heavy atom. The van der Waals surface area contributed by atoms with Gasteiger partial charge in [-0.3, -0.25) is 0 Å². The average molecular weight is 320 g/mol. The van der Waals surface area contributed by atoms with Crippen LogP contribution >= 0.6 is 0 Å². The Hall–Kier alpha value is -1.82. The number of allylic oxidation sites excluding steroid dienone is 5. The molecule has 0 atom stereocenters. The van der Waals surface area contributed by atoms with Gasteiger partial charge >= 0.3 is 5.97 Å². The van der Waals surface area contributed by atoms with E-state index in [0.717, 1.165) is 12.5 Å². The summed E-state index contributed by atoms with van der Waals surface area (Å²) in [6.07, 6.45) is 20.4. The molecular weight excluding hydrogens is 291 g/mol. The molecule has 0 radical (unpaired) electrons. The highest BCUT2D eigenvalue weighted by atomic mass is 19.1. The second kappa shape index (κ2) is 16.5. The summed E-state index contributed by atoms with van der Waals surface area (Å²) >= 11 is 0. The topological polar surface area (TPSA) is 37.3 Å². The van der Waals surface area contributed by atoms with Gasteiger partial charge in [-0.25, -0.2) is 4.79 Å². The number of unbranched alkanes of at least 4 members (excludes halogenated alkanes) is 8. The first kappa shape index (κ1) is 21.2. The van der Waals surface area contributed by atoms with Crippen molar-refractivity contribution in [1.29, 1.82) is 0 Å². The number of hydrogen-bond donors (Lipinski definition) is 1. The lowest BCUT2D eigenvalue weighted by molar-refractivity contribution is -0.134. The average Bonchev–Trinajstić information content (AvgIpc) is 2.54. The molecule has 2 nitrogen and oxygen atoms in total. The van der Waals surface area contributed by atoms with Gasteiger partial charge in [0.1, 0.15) is 0 Å². The number of halogens is 1. The zero-order chi connectivity index (χ0) is 17.2. The summed E-state index contributed by atoms with van der Waals surface area (Å²) < 4.78 is 12.6. The number of aliphatic carboxylic acids is 1. The fourth-order valence-corrected chi connectivity index (χ4v) is 2.02. The van der Waals surface area contributed by atoms with Crippen molar-refractivity contribution in [2.24, 2.45) is 0 Å². The van der Waals surface area contributed by atoms with Crippen molar-refractivity contribution in [2.45, 2.75) is 71.1 Å². The molecule has 23 heavy (non-hydrogen) atoms. The van der Waals surface area contributed by atoms with Crippen molar-refractivity contribution >= 4 is 5.97 Å². The van der Waals surface area contributed by atoms with Crippen molar-refractivity contribution < 1.29 is 14.3 Å². The molecule has 0 amide bonds. The van der Waals surface area contributed by atoms with Gasteiger partial charge in [0.2, 0.25) is 5.83 Å². The molecule has 0 aromatic heterocycles. The maximum atomic E-state index is 12.6. The highest BCUT2D eigenvalue weighted by Gasteiger charge is 2.01. The Morgan fingerprint density at radius 3 is 2.35 bits per heavy atom. The molecule has 0 bridgehead atoms. The van der Waals surface area contributed by atoms with Crippen LogP contribution in [-0.2, 0) is 4.79 Å². The SMILES string of the molecule is CCCCCCCCCC/C=C/C=C/C#CC/C=C(\F)C(=O)O. The maximum Gasteiger partial charge on any atom is 0.364 e. The summed E-state index contributed by atoms with van der Waals surface area (Å²) in [6, 6.07) is 0. The minimum atomic E-state index is -1.55. The summed E-state index contributed by atoms with van der Waals surface area (Å²) in [5.74, 6) is 2.68. The van der Waals surface area contributed by atoms with Crippen molar-refractivity contribution in [1.82, 2.24) is 0 Å². The fraction of sp³-hybridized carbons (Fsp3) is 0.550. The first-order valence-electron chi connectivity index (χ1n) is 8.57. The normalized spacial score (nSPS) is 11.8. The summed E-state index contributed by atoms with van der Waals surface area (Å²) in [7, 11) is 0. The highest BCUT2D eigenvalue weighted by molar-refractivity contribution is 5.83. The van der Waals surface area contributed by atoms with E-state index in [0.29, 0.717) is 0 Å². The summed E-state index contributed by atoms with van der Waals surface area (Å²) in [4.78, 5) is 10.2. The molecular formula is C20H29FO2. The van der Waals surface area contributed by atoms with Gasteiger partial charge in [-0.2, -0.15) is 4.39 Å². The van der Waals surface area contributed by atoms with Crippen LogP contribution in [-0.4, -0.2) is 11.1 Å². The van der Waals surface area contributed by atoms with E-state index in [2.05, 4.69) is 24.8 Å². The fourth-order valence-electron chi connectivity index (χ4n) is 2.02. The molecule has 0 aromatic rings. The van der Waals surface area contributed by atoms with Crippen LogP contribution in [0.5, 0.6) is 0 Å². The molecule has 0 aliphatic rings. The highest BCUT2D eigenvalue weighted by Crippen LogP contribution is 2.09. The van der Waals surface area contributed by atoms with Crippen molar-refractivity contribution in [3.05, 3.63) is 36.2 Å². The first-order chi connectivity index (χ1) is 11.2. The van der Waals surface area contributed by atoms with Gasteiger partial charge < -0.3 is 5.11 Å². The largest absolute Gasteiger partial charge is 0.476 e. The second-order valence-electron chi connectivity index (χ2n) is 5.43. The van der Waals surface area contributed by atoms with Crippen molar-refractivity contribution in [3.8, 4) is 11.8 Å². The number of carboxylic acid groups (broad SMARTS) is 1. The second-order valence-corrected chi connectivity index (χ2v) is 5.43. The molecule has 128 valence electrons. The van der Waals surface area contributed by atoms with Gasteiger partial charge in [0.05, 0.1) is 0 Å². The lowest BCUT2D eigenvalue weighted by atomic mass is 10.1. The van der Waals surface area contributed by atoms with Crippen LogP contribution in [0.1, 0.15) is 71.1 Å². The van der Waals surface area contributed by atoms with E-state index in [1.165, 1.54) is 51.4 Å². The van der Waals surface area contributed by atoms with Crippen molar-refractivity contribution in [3.63, 3.8) is 0 Å². The van der Waals surface area contributed by atoms with Gasteiger partial charge in [-0.1, -0.05) is 81.9 Å². The number of carboxylic acids is 1. The van der Waals surface area contributed by atoms with Crippen LogP contribution in [0, 0.1) is 11.8 Å². The zero-order valence-electron chi connectivity index (χ0n) is 14.2.